The smallest absolute Gasteiger partial charge is 0.352 e. The van der Waals surface area contributed by atoms with Gasteiger partial charge in [0.05, 0.1) is 0 Å². The van der Waals surface area contributed by atoms with Crippen molar-refractivity contribution in [2.45, 2.75) is 3.79 Å². The van der Waals surface area contributed by atoms with E-state index in [-0.39, 0.29) is 6.61 Å². The van der Waals surface area contributed by atoms with Gasteiger partial charge in [0.25, 0.3) is 0 Å². The third-order valence-electron chi connectivity index (χ3n) is 0.541. The van der Waals surface area contributed by atoms with Crippen molar-refractivity contribution in [1.82, 2.24) is 0 Å². The minimum Gasteiger partial charge on any atom is -0.457 e. The molecule has 0 aromatic rings. The molecular weight excluding hydrogens is 216 g/mol. The SMILES string of the molecule is O=C(/C=N/O)OCC(Cl)(Cl)Cl. The molecule has 0 fully saturated rings. The fourth-order valence-electron chi connectivity index (χ4n) is 0.237. The molecule has 0 rings (SSSR count). The van der Waals surface area contributed by atoms with Gasteiger partial charge in [-0.25, -0.2) is 4.79 Å². The number of carbonyl (C=O) groups excluding carboxylic acids is 1. The van der Waals surface area contributed by atoms with Crippen LogP contribution in [0, 0.1) is 0 Å². The van der Waals surface area contributed by atoms with E-state index in [1.165, 1.54) is 0 Å². The molecule has 0 heterocycles. The van der Waals surface area contributed by atoms with E-state index in [0.717, 1.165) is 0 Å². The number of hydrogen-bond donors (Lipinski definition) is 1. The molecule has 7 heteroatoms. The van der Waals surface area contributed by atoms with Crippen LogP contribution in [0.25, 0.3) is 0 Å². The van der Waals surface area contributed by atoms with Crippen molar-refractivity contribution in [3.05, 3.63) is 0 Å². The molecule has 0 unspecified atom stereocenters. The van der Waals surface area contributed by atoms with Gasteiger partial charge >= 0.3 is 5.97 Å². The number of oxime groups is 1. The third kappa shape index (κ3) is 7.71. The van der Waals surface area contributed by atoms with Crippen LogP contribution < -0.4 is 0 Å². The number of ether oxygens (including phenoxy) is 1. The van der Waals surface area contributed by atoms with E-state index in [2.05, 4.69) is 9.89 Å². The van der Waals surface area contributed by atoms with Crippen LogP contribution in [0.5, 0.6) is 0 Å². The van der Waals surface area contributed by atoms with E-state index in [4.69, 9.17) is 40.0 Å². The summed E-state index contributed by atoms with van der Waals surface area (Å²) in [6.07, 6.45) is 0.552. The summed E-state index contributed by atoms with van der Waals surface area (Å²) in [6.45, 7) is -0.386. The van der Waals surface area contributed by atoms with Gasteiger partial charge in [0.15, 0.2) is 6.21 Å². The molecule has 0 bridgehead atoms. The van der Waals surface area contributed by atoms with Gasteiger partial charge in [-0.1, -0.05) is 40.0 Å². The first-order chi connectivity index (χ1) is 4.95. The fraction of sp³-hybridized carbons (Fsp3) is 0.500. The number of carbonyl (C=O) groups is 1. The van der Waals surface area contributed by atoms with Crippen molar-refractivity contribution >= 4 is 47.0 Å². The lowest BCUT2D eigenvalue weighted by atomic mass is 10.7. The summed E-state index contributed by atoms with van der Waals surface area (Å²) < 4.78 is 2.66. The zero-order chi connectivity index (χ0) is 8.91. The van der Waals surface area contributed by atoms with Crippen LogP contribution in [0.15, 0.2) is 5.16 Å². The van der Waals surface area contributed by atoms with Crippen LogP contribution in [-0.4, -0.2) is 27.8 Å². The van der Waals surface area contributed by atoms with Crippen LogP contribution in [-0.2, 0) is 9.53 Å². The van der Waals surface area contributed by atoms with Gasteiger partial charge in [-0.2, -0.15) is 0 Å². The minimum absolute atomic E-state index is 0.386. The molecule has 4 nitrogen and oxygen atoms in total. The van der Waals surface area contributed by atoms with Crippen LogP contribution in [0.2, 0.25) is 0 Å². The monoisotopic (exact) mass is 219 g/mol. The summed E-state index contributed by atoms with van der Waals surface area (Å²) in [4.78, 5) is 10.4. The molecule has 1 N–H and O–H groups in total. The van der Waals surface area contributed by atoms with Crippen molar-refractivity contribution in [3.8, 4) is 0 Å². The molecule has 0 radical (unpaired) electrons. The van der Waals surface area contributed by atoms with Crippen molar-refractivity contribution in [2.75, 3.05) is 6.61 Å². The number of alkyl halides is 3. The molecule has 0 saturated heterocycles. The summed E-state index contributed by atoms with van der Waals surface area (Å²) in [7, 11) is 0. The molecule has 0 amide bonds. The molecule has 0 aliphatic rings. The van der Waals surface area contributed by atoms with Crippen molar-refractivity contribution in [2.24, 2.45) is 5.16 Å². The molecule has 64 valence electrons. The van der Waals surface area contributed by atoms with Crippen LogP contribution in [0.4, 0.5) is 0 Å². The predicted molar refractivity (Wildman–Crippen MR) is 41.5 cm³/mol. The number of halogens is 3. The van der Waals surface area contributed by atoms with Crippen molar-refractivity contribution in [1.29, 1.82) is 0 Å². The Morgan fingerprint density at radius 3 is 2.55 bits per heavy atom. The second-order valence-electron chi connectivity index (χ2n) is 1.47. The molecule has 0 aliphatic carbocycles. The van der Waals surface area contributed by atoms with Crippen LogP contribution in [0.1, 0.15) is 0 Å². The second kappa shape index (κ2) is 4.64. The largest absolute Gasteiger partial charge is 0.457 e. The van der Waals surface area contributed by atoms with Gasteiger partial charge < -0.3 is 9.94 Å². The summed E-state index contributed by atoms with van der Waals surface area (Å²) in [5.74, 6) is -0.876. The molecule has 0 spiro atoms. The number of hydrogen-bond acceptors (Lipinski definition) is 4. The number of nitrogens with zero attached hydrogens (tertiary/aromatic N) is 1. The Morgan fingerprint density at radius 2 is 2.18 bits per heavy atom. The number of esters is 1. The van der Waals surface area contributed by atoms with E-state index in [9.17, 15) is 4.79 Å². The highest BCUT2D eigenvalue weighted by molar-refractivity contribution is 6.67. The lowest BCUT2D eigenvalue weighted by Gasteiger charge is -2.08. The standard InChI is InChI=1S/C4H4Cl3NO3/c5-4(6,7)2-11-3(9)1-8-10/h1,10H,2H2/b8-1+. The average Bonchev–Trinajstić information content (AvgIpc) is 1.83. The Hall–Kier alpha value is -0.190. The first-order valence-corrected chi connectivity index (χ1v) is 3.50. The zero-order valence-electron chi connectivity index (χ0n) is 5.13. The van der Waals surface area contributed by atoms with E-state index < -0.39 is 9.76 Å². The van der Waals surface area contributed by atoms with Crippen molar-refractivity contribution < 1.29 is 14.7 Å². The Morgan fingerprint density at radius 1 is 1.64 bits per heavy atom. The quantitative estimate of drug-likeness (QED) is 0.251. The van der Waals surface area contributed by atoms with Gasteiger partial charge in [-0.05, 0) is 0 Å². The highest BCUT2D eigenvalue weighted by Gasteiger charge is 2.21. The normalized spacial score (nSPS) is 11.9. The molecule has 0 saturated carbocycles. The molecular formula is C4H4Cl3NO3. The third-order valence-corrected chi connectivity index (χ3v) is 0.869. The zero-order valence-corrected chi connectivity index (χ0v) is 7.40. The molecule has 0 aromatic heterocycles. The van der Waals surface area contributed by atoms with E-state index in [1.807, 2.05) is 0 Å². The maximum atomic E-state index is 10.4. The first kappa shape index (κ1) is 10.8. The molecule has 0 atom stereocenters. The van der Waals surface area contributed by atoms with Gasteiger partial charge in [0.1, 0.15) is 6.61 Å². The van der Waals surface area contributed by atoms with Gasteiger partial charge in [-0.15, -0.1) is 0 Å². The lowest BCUT2D eigenvalue weighted by molar-refractivity contribution is -0.135. The molecule has 0 aromatic carbocycles. The van der Waals surface area contributed by atoms with E-state index in [1.54, 1.807) is 0 Å². The summed E-state index contributed by atoms with van der Waals surface area (Å²) in [6, 6.07) is 0. The summed E-state index contributed by atoms with van der Waals surface area (Å²) >= 11 is 15.7. The lowest BCUT2D eigenvalue weighted by Crippen LogP contribution is -2.17. The predicted octanol–water partition coefficient (Wildman–Crippen LogP) is 1.36. The minimum atomic E-state index is -1.64. The molecule has 0 aliphatic heterocycles. The fourth-order valence-corrected chi connectivity index (χ4v) is 0.401. The Kier molecular flexibility index (Phi) is 4.56. The summed E-state index contributed by atoms with van der Waals surface area (Å²) in [5.41, 5.74) is 0. The first-order valence-electron chi connectivity index (χ1n) is 2.36. The Balaban J connectivity index is 3.63. The highest BCUT2D eigenvalue weighted by Crippen LogP contribution is 2.25. The van der Waals surface area contributed by atoms with Gasteiger partial charge in [-0.3, -0.25) is 0 Å². The topological polar surface area (TPSA) is 58.9 Å². The van der Waals surface area contributed by atoms with Crippen LogP contribution >= 0.6 is 34.8 Å². The van der Waals surface area contributed by atoms with E-state index >= 15 is 0 Å². The average molecular weight is 220 g/mol. The maximum Gasteiger partial charge on any atom is 0.352 e. The number of rotatable bonds is 2. The van der Waals surface area contributed by atoms with Gasteiger partial charge in [0.2, 0.25) is 3.79 Å². The van der Waals surface area contributed by atoms with Gasteiger partial charge in [0, 0.05) is 0 Å². The van der Waals surface area contributed by atoms with Crippen molar-refractivity contribution in [3.63, 3.8) is 0 Å². The summed E-state index contributed by atoms with van der Waals surface area (Å²) in [5, 5.41) is 10.2. The second-order valence-corrected chi connectivity index (χ2v) is 3.98. The molecule has 11 heavy (non-hydrogen) atoms. The Bertz CT molecular complexity index is 164. The Labute approximate surface area is 77.7 Å². The highest BCUT2D eigenvalue weighted by atomic mass is 35.6. The van der Waals surface area contributed by atoms with Crippen LogP contribution in [0.3, 0.4) is 0 Å². The maximum absolute atomic E-state index is 10.4. The van der Waals surface area contributed by atoms with E-state index in [0.29, 0.717) is 6.21 Å².